The fraction of sp³-hybridized carbons (Fsp3) is 0.280. The third kappa shape index (κ3) is 4.00. The van der Waals surface area contributed by atoms with Gasteiger partial charge in [-0.15, -0.1) is 0 Å². The summed E-state index contributed by atoms with van der Waals surface area (Å²) < 4.78 is 34.5. The molecule has 5 heteroatoms. The van der Waals surface area contributed by atoms with E-state index in [0.717, 1.165) is 40.4 Å². The molecule has 158 valence electrons. The maximum atomic E-state index is 14.2. The SMILES string of the molecule is CC1CCC(OS(=O)([O-])=[S+](c2ccccc2)(c2ccccc2)c2ccccc2)CC1. The zero-order chi connectivity index (χ0) is 21.0. The minimum absolute atomic E-state index is 0.255. The maximum absolute atomic E-state index is 14.2. The van der Waals surface area contributed by atoms with Crippen LogP contribution in [-0.2, 0) is 21.8 Å². The standard InChI is InChI=1S/C25H28O3S2/c1-21-17-19-22(20-18-21)28-30(26,27)29(23-11-5-2-6-12-23,24-13-7-3-8-14-24)25-15-9-4-10-16-25/h2-16,21-22H,17-20H2,1H3. The van der Waals surface area contributed by atoms with Crippen molar-refractivity contribution < 1.29 is 12.9 Å². The Labute approximate surface area is 180 Å². The van der Waals surface area contributed by atoms with E-state index in [9.17, 15) is 8.76 Å². The first-order valence-electron chi connectivity index (χ1n) is 10.5. The minimum atomic E-state index is -3.98. The van der Waals surface area contributed by atoms with Gasteiger partial charge in [0.25, 0.3) is 0 Å². The first kappa shape index (κ1) is 21.3. The van der Waals surface area contributed by atoms with Crippen molar-refractivity contribution in [2.24, 2.45) is 5.92 Å². The van der Waals surface area contributed by atoms with Gasteiger partial charge in [-0.1, -0.05) is 61.5 Å². The van der Waals surface area contributed by atoms with Gasteiger partial charge in [-0.05, 0) is 68.0 Å². The summed E-state index contributed by atoms with van der Waals surface area (Å²) in [6.45, 7) is 2.22. The van der Waals surface area contributed by atoms with Gasteiger partial charge in [-0.25, -0.2) is 4.21 Å². The molecule has 1 fully saturated rings. The van der Waals surface area contributed by atoms with Gasteiger partial charge in [0.15, 0.2) is 9.05 Å². The molecule has 0 spiro atoms. The minimum Gasteiger partial charge on any atom is -0.721 e. The fourth-order valence-electron chi connectivity index (χ4n) is 4.15. The average molecular weight is 441 g/mol. The Kier molecular flexibility index (Phi) is 6.44. The second-order valence-corrected chi connectivity index (χ2v) is 14.1. The topological polar surface area (TPSA) is 49.4 Å². The van der Waals surface area contributed by atoms with E-state index < -0.39 is 17.6 Å². The largest absolute Gasteiger partial charge is 0.721 e. The molecule has 30 heavy (non-hydrogen) atoms. The van der Waals surface area contributed by atoms with E-state index in [0.29, 0.717) is 5.92 Å². The second kappa shape index (κ2) is 9.06. The van der Waals surface area contributed by atoms with Crippen molar-refractivity contribution in [1.82, 2.24) is 0 Å². The first-order valence-corrected chi connectivity index (χ1v) is 14.0. The lowest BCUT2D eigenvalue weighted by Crippen LogP contribution is -2.31. The summed E-state index contributed by atoms with van der Waals surface area (Å²) >= 11 is 0. The second-order valence-electron chi connectivity index (χ2n) is 7.88. The molecule has 0 N–H and O–H groups in total. The molecule has 0 radical (unpaired) electrons. The van der Waals surface area contributed by atoms with Crippen LogP contribution >= 0.6 is 0 Å². The zero-order valence-corrected chi connectivity index (χ0v) is 18.8. The monoisotopic (exact) mass is 440 g/mol. The summed E-state index contributed by atoms with van der Waals surface area (Å²) in [5.41, 5.74) is 0. The molecule has 1 saturated carbocycles. The summed E-state index contributed by atoms with van der Waals surface area (Å²) in [4.78, 5) is 2.31. The van der Waals surface area contributed by atoms with Crippen LogP contribution in [0.1, 0.15) is 32.6 Å². The molecule has 4 rings (SSSR count). The van der Waals surface area contributed by atoms with Crippen molar-refractivity contribution in [3.63, 3.8) is 0 Å². The molecule has 1 atom stereocenters. The van der Waals surface area contributed by atoms with Crippen LogP contribution in [0.3, 0.4) is 0 Å². The van der Waals surface area contributed by atoms with Gasteiger partial charge in [0.05, 0.1) is 6.10 Å². The van der Waals surface area contributed by atoms with Gasteiger partial charge in [-0.3, -0.25) is 4.18 Å². The highest BCUT2D eigenvalue weighted by Gasteiger charge is 2.39. The summed E-state index contributed by atoms with van der Waals surface area (Å²) in [5, 5.41) is 0. The van der Waals surface area contributed by atoms with Gasteiger partial charge >= 0.3 is 0 Å². The smallest absolute Gasteiger partial charge is 0.162 e. The lowest BCUT2D eigenvalue weighted by atomic mass is 9.89. The van der Waals surface area contributed by atoms with Crippen LogP contribution in [0, 0.1) is 5.92 Å². The highest BCUT2D eigenvalue weighted by molar-refractivity contribution is 8.52. The lowest BCUT2D eigenvalue weighted by molar-refractivity contribution is 0.136. The molecule has 0 saturated heterocycles. The molecular weight excluding hydrogens is 412 g/mol. The van der Waals surface area contributed by atoms with Gasteiger partial charge < -0.3 is 4.55 Å². The zero-order valence-electron chi connectivity index (χ0n) is 17.2. The van der Waals surface area contributed by atoms with E-state index >= 15 is 0 Å². The maximum Gasteiger partial charge on any atom is 0.162 e. The number of hydrogen-bond acceptors (Lipinski definition) is 3. The Morgan fingerprint density at radius 2 is 1.10 bits per heavy atom. The summed E-state index contributed by atoms with van der Waals surface area (Å²) in [5.74, 6) is 0.627. The van der Waals surface area contributed by atoms with E-state index in [1.165, 1.54) is 0 Å². The predicted molar refractivity (Wildman–Crippen MR) is 123 cm³/mol. The van der Waals surface area contributed by atoms with E-state index in [1.54, 1.807) is 0 Å². The molecule has 3 nitrogen and oxygen atoms in total. The molecule has 1 unspecified atom stereocenters. The molecule has 0 aromatic heterocycles. The Bertz CT molecular complexity index is 993. The molecule has 0 bridgehead atoms. The third-order valence-electron chi connectivity index (χ3n) is 5.75. The highest BCUT2D eigenvalue weighted by atomic mass is 32.9. The van der Waals surface area contributed by atoms with Crippen LogP contribution in [0.25, 0.3) is 0 Å². The van der Waals surface area contributed by atoms with Crippen molar-refractivity contribution in [2.75, 3.05) is 0 Å². The van der Waals surface area contributed by atoms with Crippen molar-refractivity contribution in [3.8, 4) is 0 Å². The van der Waals surface area contributed by atoms with Crippen LogP contribution in [0.15, 0.2) is 106 Å². The molecule has 0 heterocycles. The number of rotatable bonds is 5. The Morgan fingerprint density at radius 1 is 0.733 bits per heavy atom. The van der Waals surface area contributed by atoms with Gasteiger partial charge in [-0.2, -0.15) is 0 Å². The Morgan fingerprint density at radius 3 is 1.47 bits per heavy atom. The highest BCUT2D eigenvalue weighted by Crippen LogP contribution is 2.42. The molecular formula is C25H28O3S2. The van der Waals surface area contributed by atoms with Crippen molar-refractivity contribution >= 4 is 17.6 Å². The first-order chi connectivity index (χ1) is 14.5. The Balaban J connectivity index is 2.04. The van der Waals surface area contributed by atoms with Crippen LogP contribution in [-0.4, -0.2) is 14.9 Å². The average Bonchev–Trinajstić information content (AvgIpc) is 2.78. The predicted octanol–water partition coefficient (Wildman–Crippen LogP) is 6.16. The van der Waals surface area contributed by atoms with E-state index in [-0.39, 0.29) is 6.10 Å². The summed E-state index contributed by atoms with van der Waals surface area (Å²) in [7, 11) is -6.65. The molecule has 1 aliphatic carbocycles. The van der Waals surface area contributed by atoms with E-state index in [4.69, 9.17) is 4.18 Å². The van der Waals surface area contributed by atoms with Crippen LogP contribution in [0.4, 0.5) is 0 Å². The lowest BCUT2D eigenvalue weighted by Gasteiger charge is -2.33. The van der Waals surface area contributed by atoms with Crippen molar-refractivity contribution in [2.45, 2.75) is 53.4 Å². The molecule has 0 amide bonds. The fourth-order valence-corrected chi connectivity index (χ4v) is 11.7. The number of hydrogen-bond donors (Lipinski definition) is 0. The molecule has 3 aromatic rings. The molecule has 3 aromatic carbocycles. The van der Waals surface area contributed by atoms with Crippen LogP contribution in [0.2, 0.25) is 0 Å². The molecule has 0 aliphatic heterocycles. The third-order valence-corrected chi connectivity index (χ3v) is 13.5. The quantitative estimate of drug-likeness (QED) is 0.447. The number of benzene rings is 3. The Hall–Kier alpha value is -1.92. The van der Waals surface area contributed by atoms with Crippen molar-refractivity contribution in [3.05, 3.63) is 91.0 Å². The van der Waals surface area contributed by atoms with Gasteiger partial charge in [0.2, 0.25) is 0 Å². The normalized spacial score (nSPS) is 21.7. The van der Waals surface area contributed by atoms with E-state index in [1.807, 2.05) is 91.0 Å². The van der Waals surface area contributed by atoms with Crippen LogP contribution in [0.5, 0.6) is 0 Å². The van der Waals surface area contributed by atoms with E-state index in [2.05, 4.69) is 6.92 Å². The van der Waals surface area contributed by atoms with Crippen molar-refractivity contribution in [1.29, 1.82) is 0 Å². The summed E-state index contributed by atoms with van der Waals surface area (Å²) in [6, 6.07) is 28.7. The molecule has 1 aliphatic rings. The van der Waals surface area contributed by atoms with Crippen LogP contribution < -0.4 is 0 Å². The summed E-state index contributed by atoms with van der Waals surface area (Å²) in [6.07, 6.45) is 3.33. The van der Waals surface area contributed by atoms with Gasteiger partial charge in [0.1, 0.15) is 14.7 Å². The van der Waals surface area contributed by atoms with Gasteiger partial charge in [0, 0.05) is 8.59 Å².